The number of nitrogens with one attached hydrogen (secondary N) is 1. The Labute approximate surface area is 174 Å². The van der Waals surface area contributed by atoms with E-state index in [1.54, 1.807) is 4.68 Å². The molecule has 1 heterocycles. The van der Waals surface area contributed by atoms with Crippen LogP contribution in [0.5, 0.6) is 0 Å². The van der Waals surface area contributed by atoms with Crippen LogP contribution in [0.1, 0.15) is 29.0 Å². The number of hydrogen-bond donors (Lipinski definition) is 1. The molecule has 144 valence electrons. The van der Waals surface area contributed by atoms with Gasteiger partial charge in [0.05, 0.1) is 17.4 Å². The van der Waals surface area contributed by atoms with Gasteiger partial charge in [-0.1, -0.05) is 72.3 Å². The second-order valence-electron chi connectivity index (χ2n) is 6.78. The highest BCUT2D eigenvalue weighted by molar-refractivity contribution is 6.30. The van der Waals surface area contributed by atoms with E-state index in [0.717, 1.165) is 22.5 Å². The van der Waals surface area contributed by atoms with Gasteiger partial charge in [-0.05, 0) is 42.8 Å². The zero-order chi connectivity index (χ0) is 20.2. The summed E-state index contributed by atoms with van der Waals surface area (Å²) in [5, 5.41) is 8.40. The fourth-order valence-electron chi connectivity index (χ4n) is 3.19. The molecule has 1 aromatic heterocycles. The van der Waals surface area contributed by atoms with E-state index in [1.807, 2.05) is 97.9 Å². The maximum atomic E-state index is 13.1. The Balaban J connectivity index is 1.69. The fraction of sp³-hybridized carbons (Fsp3) is 0.0833. The molecule has 4 aromatic rings. The van der Waals surface area contributed by atoms with Crippen LogP contribution in [0, 0.1) is 0 Å². The molecule has 0 radical (unpaired) electrons. The van der Waals surface area contributed by atoms with Gasteiger partial charge in [0.2, 0.25) is 0 Å². The van der Waals surface area contributed by atoms with Crippen LogP contribution in [-0.2, 0) is 0 Å². The van der Waals surface area contributed by atoms with Crippen molar-refractivity contribution in [2.75, 3.05) is 0 Å². The number of halogens is 1. The monoisotopic (exact) mass is 401 g/mol. The first-order chi connectivity index (χ1) is 14.1. The highest BCUT2D eigenvalue weighted by Gasteiger charge is 2.19. The van der Waals surface area contributed by atoms with Crippen LogP contribution in [0.15, 0.2) is 91.0 Å². The number of amides is 1. The summed E-state index contributed by atoms with van der Waals surface area (Å²) in [4.78, 5) is 13.1. The molecule has 1 amide bonds. The molecule has 0 spiro atoms. The Bertz CT molecular complexity index is 1120. The molecular weight excluding hydrogens is 382 g/mol. The third-order valence-corrected chi connectivity index (χ3v) is 4.94. The molecule has 0 saturated carbocycles. The second-order valence-corrected chi connectivity index (χ2v) is 7.21. The maximum absolute atomic E-state index is 13.1. The Kier molecular flexibility index (Phi) is 5.45. The van der Waals surface area contributed by atoms with E-state index in [2.05, 4.69) is 5.32 Å². The number of aromatic nitrogens is 2. The van der Waals surface area contributed by atoms with Crippen molar-refractivity contribution in [1.82, 2.24) is 15.1 Å². The van der Waals surface area contributed by atoms with Gasteiger partial charge < -0.3 is 5.32 Å². The molecule has 0 saturated heterocycles. The van der Waals surface area contributed by atoms with Crippen LogP contribution < -0.4 is 5.32 Å². The predicted octanol–water partition coefficient (Wildman–Crippen LogP) is 5.68. The summed E-state index contributed by atoms with van der Waals surface area (Å²) in [6.45, 7) is 1.94. The molecule has 0 fully saturated rings. The molecular formula is C24H20ClN3O. The number of hydrogen-bond acceptors (Lipinski definition) is 2. The van der Waals surface area contributed by atoms with Crippen molar-refractivity contribution < 1.29 is 4.79 Å². The number of carbonyl (C=O) groups excluding carboxylic acids is 1. The molecule has 4 nitrogen and oxygen atoms in total. The molecule has 3 aromatic carbocycles. The standard InChI is InChI=1S/C24H20ClN3O/c1-17(19-11-8-12-20(25)15-19)26-24(29)23-16-22(18-9-4-2-5-10-18)27-28(23)21-13-6-3-7-14-21/h2-17H,1H3,(H,26,29)/t17-/m0/s1. The Morgan fingerprint density at radius 3 is 2.31 bits per heavy atom. The van der Waals surface area contributed by atoms with Crippen LogP contribution in [0.3, 0.4) is 0 Å². The van der Waals surface area contributed by atoms with E-state index in [0.29, 0.717) is 10.7 Å². The maximum Gasteiger partial charge on any atom is 0.270 e. The predicted molar refractivity (Wildman–Crippen MR) is 116 cm³/mol. The van der Waals surface area contributed by atoms with Crippen LogP contribution >= 0.6 is 11.6 Å². The van der Waals surface area contributed by atoms with Gasteiger partial charge in [-0.3, -0.25) is 4.79 Å². The summed E-state index contributed by atoms with van der Waals surface area (Å²) >= 11 is 6.09. The number of rotatable bonds is 5. The minimum Gasteiger partial charge on any atom is -0.344 e. The second kappa shape index (κ2) is 8.33. The average Bonchev–Trinajstić information content (AvgIpc) is 3.21. The number of nitrogens with zero attached hydrogens (tertiary/aromatic N) is 2. The smallest absolute Gasteiger partial charge is 0.270 e. The summed E-state index contributed by atoms with van der Waals surface area (Å²) in [5.41, 5.74) is 3.95. The highest BCUT2D eigenvalue weighted by atomic mass is 35.5. The van der Waals surface area contributed by atoms with Gasteiger partial charge in [-0.25, -0.2) is 4.68 Å². The zero-order valence-electron chi connectivity index (χ0n) is 15.9. The minimum absolute atomic E-state index is 0.194. The largest absolute Gasteiger partial charge is 0.344 e. The fourth-order valence-corrected chi connectivity index (χ4v) is 3.39. The van der Waals surface area contributed by atoms with Crippen LogP contribution in [0.2, 0.25) is 5.02 Å². The first-order valence-electron chi connectivity index (χ1n) is 9.39. The normalized spacial score (nSPS) is 11.8. The summed E-state index contributed by atoms with van der Waals surface area (Å²) in [6.07, 6.45) is 0. The Hall–Kier alpha value is -3.37. The first kappa shape index (κ1) is 19.0. The van der Waals surface area contributed by atoms with E-state index in [9.17, 15) is 4.79 Å². The lowest BCUT2D eigenvalue weighted by atomic mass is 10.1. The molecule has 0 aliphatic rings. The van der Waals surface area contributed by atoms with Gasteiger partial charge in [0.1, 0.15) is 5.69 Å². The molecule has 1 N–H and O–H groups in total. The van der Waals surface area contributed by atoms with E-state index in [-0.39, 0.29) is 11.9 Å². The minimum atomic E-state index is -0.198. The first-order valence-corrected chi connectivity index (χ1v) is 9.77. The SMILES string of the molecule is C[C@H](NC(=O)c1cc(-c2ccccc2)nn1-c1ccccc1)c1cccc(Cl)c1. The van der Waals surface area contributed by atoms with Crippen LogP contribution in [0.4, 0.5) is 0 Å². The lowest BCUT2D eigenvalue weighted by molar-refractivity contribution is 0.0932. The lowest BCUT2D eigenvalue weighted by Crippen LogP contribution is -2.28. The molecule has 0 aliphatic carbocycles. The molecule has 1 atom stereocenters. The van der Waals surface area contributed by atoms with Gasteiger partial charge in [0.15, 0.2) is 0 Å². The van der Waals surface area contributed by atoms with Crippen molar-refractivity contribution in [1.29, 1.82) is 0 Å². The molecule has 0 unspecified atom stereocenters. The van der Waals surface area contributed by atoms with Crippen molar-refractivity contribution >= 4 is 17.5 Å². The van der Waals surface area contributed by atoms with Crippen LogP contribution in [-0.4, -0.2) is 15.7 Å². The van der Waals surface area contributed by atoms with E-state index in [4.69, 9.17) is 16.7 Å². The Morgan fingerprint density at radius 2 is 1.62 bits per heavy atom. The van der Waals surface area contributed by atoms with Crippen molar-refractivity contribution in [3.8, 4) is 16.9 Å². The molecule has 29 heavy (non-hydrogen) atoms. The zero-order valence-corrected chi connectivity index (χ0v) is 16.7. The van der Waals surface area contributed by atoms with Gasteiger partial charge in [0.25, 0.3) is 5.91 Å². The third kappa shape index (κ3) is 4.23. The van der Waals surface area contributed by atoms with Gasteiger partial charge >= 0.3 is 0 Å². The van der Waals surface area contributed by atoms with E-state index < -0.39 is 0 Å². The average molecular weight is 402 g/mol. The highest BCUT2D eigenvalue weighted by Crippen LogP contribution is 2.23. The number of carbonyl (C=O) groups is 1. The third-order valence-electron chi connectivity index (χ3n) is 4.71. The van der Waals surface area contributed by atoms with Crippen molar-refractivity contribution in [2.45, 2.75) is 13.0 Å². The van der Waals surface area contributed by atoms with Crippen LogP contribution in [0.25, 0.3) is 16.9 Å². The van der Waals surface area contributed by atoms with E-state index in [1.165, 1.54) is 0 Å². The molecule has 4 rings (SSSR count). The van der Waals surface area contributed by atoms with Crippen molar-refractivity contribution in [3.63, 3.8) is 0 Å². The lowest BCUT2D eigenvalue weighted by Gasteiger charge is -2.15. The number of para-hydroxylation sites is 1. The van der Waals surface area contributed by atoms with Crippen molar-refractivity contribution in [2.24, 2.45) is 0 Å². The summed E-state index contributed by atoms with van der Waals surface area (Å²) in [7, 11) is 0. The molecule has 5 heteroatoms. The molecule has 0 bridgehead atoms. The van der Waals surface area contributed by atoms with Gasteiger partial charge in [-0.2, -0.15) is 5.10 Å². The van der Waals surface area contributed by atoms with Gasteiger partial charge in [-0.15, -0.1) is 0 Å². The van der Waals surface area contributed by atoms with Gasteiger partial charge in [0, 0.05) is 10.6 Å². The molecule has 0 aliphatic heterocycles. The summed E-state index contributed by atoms with van der Waals surface area (Å²) in [6, 6.07) is 28.6. The number of benzene rings is 3. The van der Waals surface area contributed by atoms with E-state index >= 15 is 0 Å². The topological polar surface area (TPSA) is 46.9 Å². The quantitative estimate of drug-likeness (QED) is 0.467. The summed E-state index contributed by atoms with van der Waals surface area (Å²) in [5.74, 6) is -0.198. The van der Waals surface area contributed by atoms with Crippen molar-refractivity contribution in [3.05, 3.63) is 107 Å². The Morgan fingerprint density at radius 1 is 0.931 bits per heavy atom. The summed E-state index contributed by atoms with van der Waals surface area (Å²) < 4.78 is 1.68.